The maximum atomic E-state index is 5.82. The van der Waals surface area contributed by atoms with Gasteiger partial charge in [-0.3, -0.25) is 0 Å². The molecule has 0 aliphatic heterocycles. The largest absolute Gasteiger partial charge is 0.544 e. The van der Waals surface area contributed by atoms with E-state index in [1.54, 1.807) is 0 Å². The van der Waals surface area contributed by atoms with Gasteiger partial charge < -0.3 is 9.16 Å². The second-order valence-electron chi connectivity index (χ2n) is 4.65. The minimum Gasteiger partial charge on any atom is -0.544 e. The van der Waals surface area contributed by atoms with Crippen LogP contribution in [0, 0.1) is 12.3 Å². The van der Waals surface area contributed by atoms with Gasteiger partial charge in [-0.25, -0.2) is 0 Å². The first-order chi connectivity index (χ1) is 7.92. The van der Waals surface area contributed by atoms with Crippen molar-refractivity contribution < 1.29 is 9.16 Å². The minimum atomic E-state index is -1.59. The van der Waals surface area contributed by atoms with E-state index in [1.165, 1.54) is 0 Å². The predicted octanol–water partition coefficient (Wildman–Crippen LogP) is 3.52. The molecule has 2 nitrogen and oxygen atoms in total. The molecule has 0 heterocycles. The first kappa shape index (κ1) is 13.4. The summed E-state index contributed by atoms with van der Waals surface area (Å²) in [6, 6.07) is 7.58. The van der Waals surface area contributed by atoms with Gasteiger partial charge in [-0.05, 0) is 43.9 Å². The molecule has 1 rings (SSSR count). The van der Waals surface area contributed by atoms with E-state index in [1.807, 2.05) is 24.3 Å². The highest BCUT2D eigenvalue weighted by molar-refractivity contribution is 6.70. The SMILES string of the molecule is C#CCOc1ccc(C(=C)O[Si](C)(C)C)cc1. The van der Waals surface area contributed by atoms with Crippen molar-refractivity contribution in [3.63, 3.8) is 0 Å². The molecule has 3 heteroatoms. The topological polar surface area (TPSA) is 18.5 Å². The lowest BCUT2D eigenvalue weighted by Crippen LogP contribution is -2.24. The Labute approximate surface area is 104 Å². The van der Waals surface area contributed by atoms with Crippen LogP contribution in [0.3, 0.4) is 0 Å². The molecule has 0 saturated heterocycles. The van der Waals surface area contributed by atoms with Crippen LogP contribution >= 0.6 is 0 Å². The summed E-state index contributed by atoms with van der Waals surface area (Å²) in [5, 5.41) is 0. The van der Waals surface area contributed by atoms with Gasteiger partial charge in [-0.1, -0.05) is 12.5 Å². The molecule has 0 fully saturated rings. The number of benzene rings is 1. The van der Waals surface area contributed by atoms with Crippen LogP contribution in [0.1, 0.15) is 5.56 Å². The molecule has 0 aromatic heterocycles. The molecular formula is C14H18O2Si. The molecule has 90 valence electrons. The second kappa shape index (κ2) is 5.60. The van der Waals surface area contributed by atoms with E-state index in [0.29, 0.717) is 5.76 Å². The average molecular weight is 246 g/mol. The molecule has 0 aliphatic carbocycles. The Hall–Kier alpha value is -1.66. The van der Waals surface area contributed by atoms with Crippen molar-refractivity contribution in [3.05, 3.63) is 36.4 Å². The smallest absolute Gasteiger partial charge is 0.242 e. The highest BCUT2D eigenvalue weighted by Gasteiger charge is 2.17. The van der Waals surface area contributed by atoms with E-state index in [4.69, 9.17) is 15.6 Å². The molecule has 0 N–H and O–H groups in total. The van der Waals surface area contributed by atoms with E-state index in [2.05, 4.69) is 32.1 Å². The fraction of sp³-hybridized carbons (Fsp3) is 0.286. The Bertz CT molecular complexity index is 421. The van der Waals surface area contributed by atoms with Crippen molar-refractivity contribution in [1.82, 2.24) is 0 Å². The maximum absolute atomic E-state index is 5.82. The third-order valence-electron chi connectivity index (χ3n) is 1.93. The van der Waals surface area contributed by atoms with Crippen molar-refractivity contribution in [3.8, 4) is 18.1 Å². The Morgan fingerprint density at radius 3 is 2.35 bits per heavy atom. The van der Waals surface area contributed by atoms with Crippen molar-refractivity contribution in [2.75, 3.05) is 6.61 Å². The van der Waals surface area contributed by atoms with Gasteiger partial charge in [0.25, 0.3) is 0 Å². The number of hydrogen-bond acceptors (Lipinski definition) is 2. The summed E-state index contributed by atoms with van der Waals surface area (Å²) in [4.78, 5) is 0. The second-order valence-corrected chi connectivity index (χ2v) is 9.08. The summed E-state index contributed by atoms with van der Waals surface area (Å²) in [6.07, 6.45) is 5.12. The Morgan fingerprint density at radius 1 is 1.29 bits per heavy atom. The number of hydrogen-bond donors (Lipinski definition) is 0. The standard InChI is InChI=1S/C14H18O2Si/c1-6-11-15-14-9-7-13(8-10-14)12(2)16-17(3,4)5/h1,7-10H,2,11H2,3-5H3. The predicted molar refractivity (Wildman–Crippen MR) is 74.2 cm³/mol. The van der Waals surface area contributed by atoms with Gasteiger partial charge in [-0.2, -0.15) is 0 Å². The molecule has 1 aromatic rings. The summed E-state index contributed by atoms with van der Waals surface area (Å²) in [6.45, 7) is 10.6. The summed E-state index contributed by atoms with van der Waals surface area (Å²) in [5.74, 6) is 3.90. The molecule has 0 radical (unpaired) electrons. The lowest BCUT2D eigenvalue weighted by molar-refractivity contribution is 0.370. The molecule has 0 saturated carbocycles. The van der Waals surface area contributed by atoms with E-state index in [0.717, 1.165) is 11.3 Å². The maximum Gasteiger partial charge on any atom is 0.242 e. The Morgan fingerprint density at radius 2 is 1.88 bits per heavy atom. The zero-order valence-electron chi connectivity index (χ0n) is 10.6. The summed E-state index contributed by atoms with van der Waals surface area (Å²) >= 11 is 0. The first-order valence-corrected chi connectivity index (χ1v) is 8.88. The van der Waals surface area contributed by atoms with Crippen molar-refractivity contribution in [2.45, 2.75) is 19.6 Å². The summed E-state index contributed by atoms with van der Waals surface area (Å²) in [5.41, 5.74) is 0.973. The zero-order valence-corrected chi connectivity index (χ0v) is 11.6. The molecule has 0 spiro atoms. The van der Waals surface area contributed by atoms with E-state index in [-0.39, 0.29) is 6.61 Å². The van der Waals surface area contributed by atoms with E-state index >= 15 is 0 Å². The quantitative estimate of drug-likeness (QED) is 0.449. The fourth-order valence-electron chi connectivity index (χ4n) is 1.29. The molecule has 0 atom stereocenters. The van der Waals surface area contributed by atoms with E-state index in [9.17, 15) is 0 Å². The van der Waals surface area contributed by atoms with Crippen molar-refractivity contribution in [1.29, 1.82) is 0 Å². The lowest BCUT2D eigenvalue weighted by atomic mass is 10.2. The van der Waals surface area contributed by atoms with Crippen LogP contribution in [-0.4, -0.2) is 14.9 Å². The van der Waals surface area contributed by atoms with Gasteiger partial charge >= 0.3 is 0 Å². The van der Waals surface area contributed by atoms with Gasteiger partial charge in [0.1, 0.15) is 18.1 Å². The van der Waals surface area contributed by atoms with Gasteiger partial charge in [-0.15, -0.1) is 6.42 Å². The van der Waals surface area contributed by atoms with Crippen LogP contribution in [0.2, 0.25) is 19.6 Å². The zero-order chi connectivity index (χ0) is 12.9. The van der Waals surface area contributed by atoms with Gasteiger partial charge in [0.2, 0.25) is 8.32 Å². The minimum absolute atomic E-state index is 0.283. The molecule has 1 aromatic carbocycles. The molecular weight excluding hydrogens is 228 g/mol. The monoisotopic (exact) mass is 246 g/mol. The van der Waals surface area contributed by atoms with Crippen LogP contribution in [0.25, 0.3) is 5.76 Å². The third kappa shape index (κ3) is 4.79. The number of ether oxygens (including phenoxy) is 1. The third-order valence-corrected chi connectivity index (χ3v) is 2.79. The lowest BCUT2D eigenvalue weighted by Gasteiger charge is -2.21. The van der Waals surface area contributed by atoms with Crippen LogP contribution in [-0.2, 0) is 4.43 Å². The highest BCUT2D eigenvalue weighted by Crippen LogP contribution is 2.21. The Kier molecular flexibility index (Phi) is 4.42. The highest BCUT2D eigenvalue weighted by atomic mass is 28.4. The molecule has 0 bridgehead atoms. The number of terminal acetylenes is 1. The van der Waals surface area contributed by atoms with Crippen molar-refractivity contribution in [2.24, 2.45) is 0 Å². The molecule has 0 unspecified atom stereocenters. The average Bonchev–Trinajstić information content (AvgIpc) is 2.24. The summed E-state index contributed by atoms with van der Waals surface area (Å²) < 4.78 is 11.1. The summed E-state index contributed by atoms with van der Waals surface area (Å²) in [7, 11) is -1.59. The van der Waals surface area contributed by atoms with Crippen LogP contribution in [0.5, 0.6) is 5.75 Å². The Balaban J connectivity index is 2.68. The normalized spacial score (nSPS) is 10.5. The number of rotatable bonds is 5. The van der Waals surface area contributed by atoms with Crippen LogP contribution < -0.4 is 4.74 Å². The first-order valence-electron chi connectivity index (χ1n) is 5.47. The van der Waals surface area contributed by atoms with Gasteiger partial charge in [0.05, 0.1) is 0 Å². The van der Waals surface area contributed by atoms with Crippen LogP contribution in [0.15, 0.2) is 30.8 Å². The molecule has 0 amide bonds. The van der Waals surface area contributed by atoms with Crippen LogP contribution in [0.4, 0.5) is 0 Å². The van der Waals surface area contributed by atoms with Gasteiger partial charge in [0, 0.05) is 5.56 Å². The van der Waals surface area contributed by atoms with E-state index < -0.39 is 8.32 Å². The van der Waals surface area contributed by atoms with Crippen molar-refractivity contribution >= 4 is 14.1 Å². The molecule has 17 heavy (non-hydrogen) atoms. The molecule has 0 aliphatic rings. The van der Waals surface area contributed by atoms with Gasteiger partial charge in [0.15, 0.2) is 0 Å². The fourth-order valence-corrected chi connectivity index (χ4v) is 2.15.